The second kappa shape index (κ2) is 8.56. The summed E-state index contributed by atoms with van der Waals surface area (Å²) in [5, 5.41) is 3.36. The summed E-state index contributed by atoms with van der Waals surface area (Å²) < 4.78 is 5.69. The number of piperidine rings is 1. The summed E-state index contributed by atoms with van der Waals surface area (Å²) in [5.41, 5.74) is 7.28. The molecule has 25 heavy (non-hydrogen) atoms. The molecule has 0 aliphatic carbocycles. The van der Waals surface area contributed by atoms with Gasteiger partial charge in [0.05, 0.1) is 12.6 Å². The van der Waals surface area contributed by atoms with Gasteiger partial charge in [-0.1, -0.05) is 32.0 Å². The number of fused-ring (bicyclic) bond motifs is 1. The third kappa shape index (κ3) is 5.11. The third-order valence-corrected chi connectivity index (χ3v) is 5.14. The van der Waals surface area contributed by atoms with Crippen LogP contribution in [0.25, 0.3) is 0 Å². The van der Waals surface area contributed by atoms with Crippen LogP contribution in [0.3, 0.4) is 0 Å². The number of para-hydroxylation sites is 1. The van der Waals surface area contributed by atoms with Crippen molar-refractivity contribution in [3.8, 4) is 5.75 Å². The third-order valence-electron chi connectivity index (χ3n) is 5.14. The molecule has 3 unspecified atom stereocenters. The Hall–Kier alpha value is -1.75. The molecular weight excluding hydrogens is 312 g/mol. The summed E-state index contributed by atoms with van der Waals surface area (Å²) >= 11 is 0. The lowest BCUT2D eigenvalue weighted by Crippen LogP contribution is -2.39. The number of ether oxygens (including phenoxy) is 1. The SMILES string of the molecule is CC1CC(C)CN(CCCN=C(N)NC2CCOc3ccccc32)C1. The smallest absolute Gasteiger partial charge is 0.189 e. The monoisotopic (exact) mass is 344 g/mol. The minimum Gasteiger partial charge on any atom is -0.493 e. The number of benzene rings is 1. The van der Waals surface area contributed by atoms with Gasteiger partial charge in [0.15, 0.2) is 5.96 Å². The van der Waals surface area contributed by atoms with Crippen molar-refractivity contribution in [2.75, 3.05) is 32.8 Å². The maximum atomic E-state index is 6.11. The van der Waals surface area contributed by atoms with Crippen molar-refractivity contribution in [1.29, 1.82) is 0 Å². The molecule has 0 bridgehead atoms. The van der Waals surface area contributed by atoms with E-state index in [9.17, 15) is 0 Å². The minimum absolute atomic E-state index is 0.192. The van der Waals surface area contributed by atoms with E-state index in [0.717, 1.165) is 43.5 Å². The molecular formula is C20H32N4O. The Bertz CT molecular complexity index is 579. The summed E-state index contributed by atoms with van der Waals surface area (Å²) in [7, 11) is 0. The van der Waals surface area contributed by atoms with E-state index in [2.05, 4.69) is 35.1 Å². The van der Waals surface area contributed by atoms with Gasteiger partial charge in [-0.05, 0) is 37.3 Å². The summed E-state index contributed by atoms with van der Waals surface area (Å²) in [6, 6.07) is 8.34. The summed E-state index contributed by atoms with van der Waals surface area (Å²) in [6.07, 6.45) is 3.33. The summed E-state index contributed by atoms with van der Waals surface area (Å²) in [4.78, 5) is 7.11. The number of hydrogen-bond acceptors (Lipinski definition) is 3. The van der Waals surface area contributed by atoms with E-state index >= 15 is 0 Å². The van der Waals surface area contributed by atoms with E-state index in [4.69, 9.17) is 10.5 Å². The molecule has 1 aromatic rings. The van der Waals surface area contributed by atoms with Crippen LogP contribution in [0.1, 0.15) is 44.7 Å². The normalized spacial score (nSPS) is 27.4. The molecule has 2 heterocycles. The van der Waals surface area contributed by atoms with Gasteiger partial charge in [0.25, 0.3) is 0 Å². The molecule has 0 amide bonds. The van der Waals surface area contributed by atoms with E-state index in [0.29, 0.717) is 12.6 Å². The van der Waals surface area contributed by atoms with Crippen LogP contribution in [0.4, 0.5) is 0 Å². The zero-order valence-corrected chi connectivity index (χ0v) is 15.6. The van der Waals surface area contributed by atoms with Crippen LogP contribution >= 0.6 is 0 Å². The zero-order chi connectivity index (χ0) is 17.6. The van der Waals surface area contributed by atoms with Gasteiger partial charge >= 0.3 is 0 Å². The Morgan fingerprint density at radius 1 is 1.28 bits per heavy atom. The van der Waals surface area contributed by atoms with Crippen molar-refractivity contribution in [1.82, 2.24) is 10.2 Å². The van der Waals surface area contributed by atoms with E-state index in [1.54, 1.807) is 0 Å². The van der Waals surface area contributed by atoms with E-state index in [1.165, 1.54) is 25.1 Å². The molecule has 138 valence electrons. The molecule has 5 heteroatoms. The Labute approximate surface area is 151 Å². The maximum Gasteiger partial charge on any atom is 0.189 e. The number of nitrogens with two attached hydrogens (primary N) is 1. The molecule has 1 saturated heterocycles. The molecule has 1 aromatic carbocycles. The van der Waals surface area contributed by atoms with E-state index in [1.807, 2.05) is 18.2 Å². The van der Waals surface area contributed by atoms with Crippen molar-refractivity contribution in [3.05, 3.63) is 29.8 Å². The van der Waals surface area contributed by atoms with Crippen LogP contribution in [0.15, 0.2) is 29.3 Å². The molecule has 0 radical (unpaired) electrons. The fourth-order valence-corrected chi connectivity index (χ4v) is 4.18. The topological polar surface area (TPSA) is 62.9 Å². The molecule has 5 nitrogen and oxygen atoms in total. The predicted octanol–water partition coefficient (Wildman–Crippen LogP) is 2.78. The Balaban J connectivity index is 1.44. The van der Waals surface area contributed by atoms with Gasteiger partial charge in [-0.3, -0.25) is 4.99 Å². The van der Waals surface area contributed by atoms with Crippen LogP contribution in [0.5, 0.6) is 5.75 Å². The van der Waals surface area contributed by atoms with Crippen molar-refractivity contribution in [2.45, 2.75) is 39.2 Å². The first-order valence-electron chi connectivity index (χ1n) is 9.62. The second-order valence-corrected chi connectivity index (χ2v) is 7.70. The van der Waals surface area contributed by atoms with Gasteiger partial charge in [-0.2, -0.15) is 0 Å². The summed E-state index contributed by atoms with van der Waals surface area (Å²) in [6.45, 7) is 9.77. The number of aliphatic imine (C=N–C) groups is 1. The lowest BCUT2D eigenvalue weighted by atomic mass is 9.92. The molecule has 1 fully saturated rings. The number of hydrogen-bond donors (Lipinski definition) is 2. The second-order valence-electron chi connectivity index (χ2n) is 7.70. The maximum absolute atomic E-state index is 6.11. The molecule has 3 atom stereocenters. The molecule has 0 saturated carbocycles. The van der Waals surface area contributed by atoms with Gasteiger partial charge in [0.2, 0.25) is 0 Å². The van der Waals surface area contributed by atoms with Crippen molar-refractivity contribution in [2.24, 2.45) is 22.6 Å². The lowest BCUT2D eigenvalue weighted by Gasteiger charge is -2.34. The van der Waals surface area contributed by atoms with Gasteiger partial charge in [0, 0.05) is 31.6 Å². The van der Waals surface area contributed by atoms with Crippen LogP contribution in [0, 0.1) is 11.8 Å². The molecule has 3 N–H and O–H groups in total. The average molecular weight is 345 g/mol. The number of nitrogens with one attached hydrogen (secondary N) is 1. The van der Waals surface area contributed by atoms with Gasteiger partial charge in [0.1, 0.15) is 5.75 Å². The van der Waals surface area contributed by atoms with Crippen molar-refractivity contribution < 1.29 is 4.74 Å². The minimum atomic E-state index is 0.192. The standard InChI is InChI=1S/C20H32N4O/c1-15-12-16(2)14-24(13-15)10-5-9-22-20(21)23-18-8-11-25-19-7-4-3-6-17(18)19/h3-4,6-7,15-16,18H,5,8-14H2,1-2H3,(H3,21,22,23). The van der Waals surface area contributed by atoms with Crippen LogP contribution in [-0.2, 0) is 0 Å². The van der Waals surface area contributed by atoms with Crippen molar-refractivity contribution >= 4 is 5.96 Å². The van der Waals surface area contributed by atoms with E-state index in [-0.39, 0.29) is 6.04 Å². The van der Waals surface area contributed by atoms with Gasteiger partial charge in [-0.15, -0.1) is 0 Å². The fraction of sp³-hybridized carbons (Fsp3) is 0.650. The molecule has 2 aliphatic heterocycles. The van der Waals surface area contributed by atoms with Crippen LogP contribution in [0.2, 0.25) is 0 Å². The molecule has 0 aromatic heterocycles. The number of nitrogens with zero attached hydrogens (tertiary/aromatic N) is 2. The molecule has 0 spiro atoms. The van der Waals surface area contributed by atoms with Crippen molar-refractivity contribution in [3.63, 3.8) is 0 Å². The first-order valence-corrected chi connectivity index (χ1v) is 9.62. The average Bonchev–Trinajstić information content (AvgIpc) is 2.58. The first-order chi connectivity index (χ1) is 12.1. The summed E-state index contributed by atoms with van der Waals surface area (Å²) in [5.74, 6) is 3.12. The highest BCUT2D eigenvalue weighted by molar-refractivity contribution is 5.78. The number of rotatable bonds is 5. The zero-order valence-electron chi connectivity index (χ0n) is 15.6. The quantitative estimate of drug-likeness (QED) is 0.490. The highest BCUT2D eigenvalue weighted by Crippen LogP contribution is 2.31. The largest absolute Gasteiger partial charge is 0.493 e. The first kappa shape index (κ1) is 18.1. The Morgan fingerprint density at radius 3 is 2.84 bits per heavy atom. The highest BCUT2D eigenvalue weighted by atomic mass is 16.5. The van der Waals surface area contributed by atoms with E-state index < -0.39 is 0 Å². The lowest BCUT2D eigenvalue weighted by molar-refractivity contribution is 0.140. The van der Waals surface area contributed by atoms with Gasteiger partial charge < -0.3 is 20.7 Å². The molecule has 2 aliphatic rings. The predicted molar refractivity (Wildman–Crippen MR) is 103 cm³/mol. The van der Waals surface area contributed by atoms with Crippen LogP contribution in [-0.4, -0.2) is 43.6 Å². The molecule has 3 rings (SSSR count). The number of likely N-dealkylation sites (tertiary alicyclic amines) is 1. The van der Waals surface area contributed by atoms with Crippen LogP contribution < -0.4 is 15.8 Å². The number of guanidine groups is 1. The Kier molecular flexibility index (Phi) is 6.19. The van der Waals surface area contributed by atoms with Gasteiger partial charge in [-0.25, -0.2) is 0 Å². The fourth-order valence-electron chi connectivity index (χ4n) is 4.18. The Morgan fingerprint density at radius 2 is 2.04 bits per heavy atom. The highest BCUT2D eigenvalue weighted by Gasteiger charge is 2.22.